The molecule has 2 saturated heterocycles. The van der Waals surface area contributed by atoms with Crippen LogP contribution in [0.15, 0.2) is 24.3 Å². The van der Waals surface area contributed by atoms with Gasteiger partial charge in [-0.05, 0) is 36.5 Å². The van der Waals surface area contributed by atoms with Gasteiger partial charge in [0.1, 0.15) is 5.75 Å². The molecule has 2 heterocycles. The Bertz CT molecular complexity index is 898. The van der Waals surface area contributed by atoms with Crippen LogP contribution >= 0.6 is 0 Å². The molecule has 1 aromatic carbocycles. The fraction of sp³-hybridized carbons (Fsp3) is 0.600. The summed E-state index contributed by atoms with van der Waals surface area (Å²) in [6.45, 7) is 8.04. The number of amides is 4. The van der Waals surface area contributed by atoms with E-state index in [0.717, 1.165) is 6.42 Å². The highest BCUT2D eigenvalue weighted by atomic mass is 16.5. The van der Waals surface area contributed by atoms with Crippen LogP contribution < -0.4 is 4.74 Å². The first-order chi connectivity index (χ1) is 15.7. The molecule has 33 heavy (non-hydrogen) atoms. The van der Waals surface area contributed by atoms with E-state index >= 15 is 0 Å². The Labute approximate surface area is 195 Å². The molecule has 2 fully saturated rings. The van der Waals surface area contributed by atoms with Crippen LogP contribution in [0.25, 0.3) is 0 Å². The number of ether oxygens (including phenoxy) is 1. The lowest BCUT2D eigenvalue weighted by atomic mass is 9.75. The molecular weight excluding hydrogens is 422 g/mol. The minimum atomic E-state index is -1.22. The molecule has 8 heteroatoms. The summed E-state index contributed by atoms with van der Waals surface area (Å²) in [6.07, 6.45) is 1.32. The molecule has 0 radical (unpaired) electrons. The van der Waals surface area contributed by atoms with E-state index in [1.165, 1.54) is 11.8 Å². The highest BCUT2D eigenvalue weighted by Crippen LogP contribution is 2.41. The summed E-state index contributed by atoms with van der Waals surface area (Å²) < 4.78 is 5.25. The third kappa shape index (κ3) is 5.37. The second-order valence-electron chi connectivity index (χ2n) is 9.44. The molecular formula is C25H35N3O5. The Hall–Kier alpha value is -2.90. The van der Waals surface area contributed by atoms with Crippen LogP contribution in [0, 0.1) is 5.92 Å². The van der Waals surface area contributed by atoms with Crippen molar-refractivity contribution in [2.75, 3.05) is 39.8 Å². The van der Waals surface area contributed by atoms with Gasteiger partial charge in [0.05, 0.1) is 12.5 Å². The van der Waals surface area contributed by atoms with Crippen molar-refractivity contribution in [1.29, 1.82) is 0 Å². The smallest absolute Gasteiger partial charge is 0.240 e. The molecule has 1 unspecified atom stereocenters. The summed E-state index contributed by atoms with van der Waals surface area (Å²) >= 11 is 0. The molecule has 3 rings (SSSR count). The Morgan fingerprint density at radius 1 is 1.03 bits per heavy atom. The van der Waals surface area contributed by atoms with Gasteiger partial charge in [0.15, 0.2) is 0 Å². The minimum absolute atomic E-state index is 0.00337. The second-order valence-corrected chi connectivity index (χ2v) is 9.44. The standard InChI is InChI=1S/C25H35N3O5/c1-18(2)10-13-28-23(31)17-25(24(28)32,20-6-8-21(33-4)9-7-20)16-22(30)27-12-5-11-26(14-15-27)19(3)29/h6-9,18H,5,10-17H2,1-4H3. The van der Waals surface area contributed by atoms with Crippen LogP contribution in [0.2, 0.25) is 0 Å². The Balaban J connectivity index is 1.88. The lowest BCUT2D eigenvalue weighted by molar-refractivity contribution is -0.142. The molecule has 0 N–H and O–H groups in total. The van der Waals surface area contributed by atoms with Gasteiger partial charge in [-0.3, -0.25) is 24.1 Å². The van der Waals surface area contributed by atoms with E-state index < -0.39 is 5.41 Å². The Morgan fingerprint density at radius 2 is 1.67 bits per heavy atom. The quantitative estimate of drug-likeness (QED) is 0.586. The van der Waals surface area contributed by atoms with Gasteiger partial charge in [0.25, 0.3) is 0 Å². The fourth-order valence-corrected chi connectivity index (χ4v) is 4.64. The third-order valence-electron chi connectivity index (χ3n) is 6.73. The van der Waals surface area contributed by atoms with Crippen molar-refractivity contribution in [1.82, 2.24) is 14.7 Å². The number of likely N-dealkylation sites (tertiary alicyclic amines) is 1. The topological polar surface area (TPSA) is 87.2 Å². The molecule has 180 valence electrons. The molecule has 0 aliphatic carbocycles. The maximum atomic E-state index is 13.7. The van der Waals surface area contributed by atoms with Crippen molar-refractivity contribution in [3.05, 3.63) is 29.8 Å². The molecule has 1 aromatic rings. The number of benzene rings is 1. The number of hydrogen-bond donors (Lipinski definition) is 0. The highest BCUT2D eigenvalue weighted by Gasteiger charge is 2.54. The summed E-state index contributed by atoms with van der Waals surface area (Å²) in [5.41, 5.74) is -0.563. The van der Waals surface area contributed by atoms with Gasteiger partial charge >= 0.3 is 0 Å². The number of methoxy groups -OCH3 is 1. The van der Waals surface area contributed by atoms with Crippen molar-refractivity contribution >= 4 is 23.6 Å². The largest absolute Gasteiger partial charge is 0.497 e. The summed E-state index contributed by atoms with van der Waals surface area (Å²) in [4.78, 5) is 56.6. The molecule has 8 nitrogen and oxygen atoms in total. The van der Waals surface area contributed by atoms with E-state index in [-0.39, 0.29) is 36.5 Å². The summed E-state index contributed by atoms with van der Waals surface area (Å²) in [6, 6.07) is 7.08. The number of rotatable bonds is 7. The zero-order valence-corrected chi connectivity index (χ0v) is 20.1. The Kier molecular flexibility index (Phi) is 7.76. The number of carbonyl (C=O) groups excluding carboxylic acids is 4. The van der Waals surface area contributed by atoms with Gasteiger partial charge in [0.2, 0.25) is 23.6 Å². The lowest BCUT2D eigenvalue weighted by Gasteiger charge is -2.30. The van der Waals surface area contributed by atoms with Crippen LogP contribution in [0.5, 0.6) is 5.75 Å². The molecule has 0 bridgehead atoms. The number of imide groups is 1. The van der Waals surface area contributed by atoms with Crippen molar-refractivity contribution < 1.29 is 23.9 Å². The van der Waals surface area contributed by atoms with Gasteiger partial charge in [-0.25, -0.2) is 0 Å². The molecule has 0 aromatic heterocycles. The van der Waals surface area contributed by atoms with E-state index in [2.05, 4.69) is 13.8 Å². The van der Waals surface area contributed by atoms with Crippen LogP contribution in [-0.4, -0.2) is 78.2 Å². The van der Waals surface area contributed by atoms with Crippen molar-refractivity contribution in [3.8, 4) is 5.75 Å². The van der Waals surface area contributed by atoms with E-state index in [4.69, 9.17) is 4.74 Å². The molecule has 0 spiro atoms. The summed E-state index contributed by atoms with van der Waals surface area (Å²) in [5.74, 6) is 0.296. The van der Waals surface area contributed by atoms with E-state index in [1.54, 1.807) is 41.2 Å². The number of carbonyl (C=O) groups is 4. The van der Waals surface area contributed by atoms with Crippen molar-refractivity contribution in [2.45, 2.75) is 51.9 Å². The van der Waals surface area contributed by atoms with Crippen molar-refractivity contribution in [2.24, 2.45) is 5.92 Å². The monoisotopic (exact) mass is 457 g/mol. The number of nitrogens with zero attached hydrogens (tertiary/aromatic N) is 3. The average Bonchev–Trinajstić information content (AvgIpc) is 2.94. The minimum Gasteiger partial charge on any atom is -0.497 e. The zero-order chi connectivity index (χ0) is 24.2. The normalized spacial score (nSPS) is 21.5. The van der Waals surface area contributed by atoms with Crippen LogP contribution in [0.3, 0.4) is 0 Å². The maximum Gasteiger partial charge on any atom is 0.240 e. The Morgan fingerprint density at radius 3 is 2.27 bits per heavy atom. The van der Waals surface area contributed by atoms with Gasteiger partial charge in [-0.1, -0.05) is 26.0 Å². The van der Waals surface area contributed by atoms with E-state index in [1.807, 2.05) is 0 Å². The molecule has 4 amide bonds. The van der Waals surface area contributed by atoms with Crippen LogP contribution in [-0.2, 0) is 24.6 Å². The molecule has 2 aliphatic rings. The zero-order valence-electron chi connectivity index (χ0n) is 20.1. The predicted octanol–water partition coefficient (Wildman–Crippen LogP) is 2.21. The lowest BCUT2D eigenvalue weighted by Crippen LogP contribution is -2.44. The van der Waals surface area contributed by atoms with Gasteiger partial charge in [0, 0.05) is 52.5 Å². The maximum absolute atomic E-state index is 13.7. The first kappa shape index (κ1) is 24.7. The SMILES string of the molecule is COc1ccc(C2(CC(=O)N3CCCN(C(C)=O)CC3)CC(=O)N(CCC(C)C)C2=O)cc1. The first-order valence-electron chi connectivity index (χ1n) is 11.7. The third-order valence-corrected chi connectivity index (χ3v) is 6.73. The van der Waals surface area contributed by atoms with Crippen LogP contribution in [0.1, 0.15) is 52.0 Å². The molecule has 2 aliphatic heterocycles. The summed E-state index contributed by atoms with van der Waals surface area (Å²) in [7, 11) is 1.57. The second kappa shape index (κ2) is 10.4. The van der Waals surface area contributed by atoms with Gasteiger partial charge in [-0.15, -0.1) is 0 Å². The van der Waals surface area contributed by atoms with Gasteiger partial charge < -0.3 is 14.5 Å². The van der Waals surface area contributed by atoms with E-state index in [9.17, 15) is 19.2 Å². The number of hydrogen-bond acceptors (Lipinski definition) is 5. The predicted molar refractivity (Wildman–Crippen MR) is 124 cm³/mol. The average molecular weight is 458 g/mol. The fourth-order valence-electron chi connectivity index (χ4n) is 4.64. The summed E-state index contributed by atoms with van der Waals surface area (Å²) in [5, 5.41) is 0. The van der Waals surface area contributed by atoms with E-state index in [0.29, 0.717) is 56.4 Å². The first-order valence-corrected chi connectivity index (χ1v) is 11.7. The van der Waals surface area contributed by atoms with Gasteiger partial charge in [-0.2, -0.15) is 0 Å². The molecule has 0 saturated carbocycles. The van der Waals surface area contributed by atoms with Crippen LogP contribution in [0.4, 0.5) is 0 Å². The van der Waals surface area contributed by atoms with Crippen molar-refractivity contribution in [3.63, 3.8) is 0 Å². The molecule has 1 atom stereocenters. The highest BCUT2D eigenvalue weighted by molar-refractivity contribution is 6.10.